The van der Waals surface area contributed by atoms with Gasteiger partial charge in [0.05, 0.1) is 12.3 Å². The fraction of sp³-hybridized carbons (Fsp3) is 0.111. The van der Waals surface area contributed by atoms with Crippen LogP contribution in [0.15, 0.2) is 60.8 Å². The van der Waals surface area contributed by atoms with Gasteiger partial charge in [0.25, 0.3) is 5.91 Å². The summed E-state index contributed by atoms with van der Waals surface area (Å²) in [7, 11) is 0. The lowest BCUT2D eigenvalue weighted by atomic mass is 10.1. The Hall–Kier alpha value is -2.88. The molecule has 0 saturated heterocycles. The fourth-order valence-corrected chi connectivity index (χ4v) is 2.31. The van der Waals surface area contributed by atoms with Crippen molar-refractivity contribution in [3.63, 3.8) is 0 Å². The first-order valence-corrected chi connectivity index (χ1v) is 7.16. The minimum atomic E-state index is -0.144. The molecule has 0 atom stereocenters. The lowest BCUT2D eigenvalue weighted by molar-refractivity contribution is 0.102. The minimum absolute atomic E-state index is 0.144. The molecule has 3 rings (SSSR count). The molecule has 3 aromatic rings. The molecule has 1 heterocycles. The molecule has 0 aliphatic rings. The first-order chi connectivity index (χ1) is 10.8. The largest absolute Gasteiger partial charge is 0.492 e. The molecule has 2 aromatic carbocycles. The molecule has 1 aromatic heterocycles. The number of nitrogens with zero attached hydrogens (tertiary/aromatic N) is 1. The zero-order valence-electron chi connectivity index (χ0n) is 12.2. The number of hydrogen-bond donors (Lipinski definition) is 1. The van der Waals surface area contributed by atoms with Gasteiger partial charge in [-0.25, -0.2) is 0 Å². The van der Waals surface area contributed by atoms with E-state index in [-0.39, 0.29) is 5.91 Å². The van der Waals surface area contributed by atoms with Gasteiger partial charge in [-0.05, 0) is 43.3 Å². The van der Waals surface area contributed by atoms with Crippen LogP contribution in [-0.2, 0) is 0 Å². The number of hydrogen-bond acceptors (Lipinski definition) is 3. The van der Waals surface area contributed by atoms with Crippen LogP contribution in [-0.4, -0.2) is 17.5 Å². The van der Waals surface area contributed by atoms with Gasteiger partial charge in [0.15, 0.2) is 0 Å². The number of carbonyl (C=O) groups is 1. The molecular formula is C18H16N2O2. The van der Waals surface area contributed by atoms with Crippen LogP contribution in [0.4, 0.5) is 5.69 Å². The molecule has 4 nitrogen and oxygen atoms in total. The first kappa shape index (κ1) is 14.1. The Balaban J connectivity index is 1.98. The van der Waals surface area contributed by atoms with Gasteiger partial charge in [0.2, 0.25) is 0 Å². The molecule has 4 heteroatoms. The minimum Gasteiger partial charge on any atom is -0.492 e. The molecule has 0 aliphatic carbocycles. The Morgan fingerprint density at radius 3 is 2.68 bits per heavy atom. The van der Waals surface area contributed by atoms with Crippen molar-refractivity contribution in [2.24, 2.45) is 0 Å². The van der Waals surface area contributed by atoms with Crippen molar-refractivity contribution in [3.8, 4) is 5.75 Å². The third-order valence-electron chi connectivity index (χ3n) is 3.32. The Morgan fingerprint density at radius 1 is 1.09 bits per heavy atom. The van der Waals surface area contributed by atoms with Crippen molar-refractivity contribution in [3.05, 3.63) is 66.4 Å². The number of fused-ring (bicyclic) bond motifs is 1. The van der Waals surface area contributed by atoms with Crippen molar-refractivity contribution in [1.29, 1.82) is 0 Å². The number of benzene rings is 2. The summed E-state index contributed by atoms with van der Waals surface area (Å²) >= 11 is 0. The number of aromatic nitrogens is 1. The predicted molar refractivity (Wildman–Crippen MR) is 87.3 cm³/mol. The summed E-state index contributed by atoms with van der Waals surface area (Å²) in [5.41, 5.74) is 2.09. The highest BCUT2D eigenvalue weighted by atomic mass is 16.5. The number of ether oxygens (including phenoxy) is 1. The lowest BCUT2D eigenvalue weighted by Gasteiger charge is -2.12. The Labute approximate surface area is 128 Å². The average molecular weight is 292 g/mol. The fourth-order valence-electron chi connectivity index (χ4n) is 2.31. The van der Waals surface area contributed by atoms with Gasteiger partial charge in [0.1, 0.15) is 11.3 Å². The number of carbonyl (C=O) groups excluding carboxylic acids is 1. The third-order valence-corrected chi connectivity index (χ3v) is 3.32. The number of pyridine rings is 1. The predicted octanol–water partition coefficient (Wildman–Crippen LogP) is 3.89. The van der Waals surface area contributed by atoms with Crippen LogP contribution < -0.4 is 10.1 Å². The van der Waals surface area contributed by atoms with E-state index < -0.39 is 0 Å². The standard InChI is InChI=1S/C18H16N2O2/c1-2-22-16-11-10-15(14-9-6-12-19-17(14)16)20-18(21)13-7-4-3-5-8-13/h3-12H,2H2,1H3,(H,20,21). The van der Waals surface area contributed by atoms with E-state index in [2.05, 4.69) is 10.3 Å². The number of rotatable bonds is 4. The van der Waals surface area contributed by atoms with Crippen LogP contribution >= 0.6 is 0 Å². The molecule has 110 valence electrons. The number of anilines is 1. The Morgan fingerprint density at radius 2 is 1.91 bits per heavy atom. The normalized spacial score (nSPS) is 10.4. The summed E-state index contributed by atoms with van der Waals surface area (Å²) in [6.07, 6.45) is 1.72. The van der Waals surface area contributed by atoms with E-state index in [9.17, 15) is 4.79 Å². The zero-order valence-corrected chi connectivity index (χ0v) is 12.2. The van der Waals surface area contributed by atoms with Crippen LogP contribution in [0, 0.1) is 0 Å². The van der Waals surface area contributed by atoms with Crippen LogP contribution in [0.25, 0.3) is 10.9 Å². The molecule has 0 fully saturated rings. The molecule has 0 aliphatic heterocycles. The lowest BCUT2D eigenvalue weighted by Crippen LogP contribution is -2.12. The van der Waals surface area contributed by atoms with Gasteiger partial charge in [-0.2, -0.15) is 0 Å². The van der Waals surface area contributed by atoms with Crippen molar-refractivity contribution in [2.75, 3.05) is 11.9 Å². The zero-order chi connectivity index (χ0) is 15.4. The summed E-state index contributed by atoms with van der Waals surface area (Å²) in [4.78, 5) is 16.7. The second-order valence-electron chi connectivity index (χ2n) is 4.76. The summed E-state index contributed by atoms with van der Waals surface area (Å²) in [6, 6.07) is 16.6. The molecule has 0 spiro atoms. The van der Waals surface area contributed by atoms with Crippen LogP contribution in [0.1, 0.15) is 17.3 Å². The Bertz CT molecular complexity index is 801. The van der Waals surface area contributed by atoms with E-state index in [1.807, 2.05) is 49.4 Å². The molecule has 0 bridgehead atoms. The average Bonchev–Trinajstić information content (AvgIpc) is 2.58. The van der Waals surface area contributed by atoms with Gasteiger partial charge < -0.3 is 10.1 Å². The van der Waals surface area contributed by atoms with E-state index in [1.54, 1.807) is 18.3 Å². The van der Waals surface area contributed by atoms with E-state index in [4.69, 9.17) is 4.74 Å². The van der Waals surface area contributed by atoms with E-state index in [1.165, 1.54) is 0 Å². The molecule has 1 N–H and O–H groups in total. The third kappa shape index (κ3) is 2.76. The Kier molecular flexibility index (Phi) is 4.01. The van der Waals surface area contributed by atoms with Gasteiger partial charge >= 0.3 is 0 Å². The maximum Gasteiger partial charge on any atom is 0.255 e. The summed E-state index contributed by atoms with van der Waals surface area (Å²) in [5.74, 6) is 0.575. The monoisotopic (exact) mass is 292 g/mol. The smallest absolute Gasteiger partial charge is 0.255 e. The quantitative estimate of drug-likeness (QED) is 0.793. The van der Waals surface area contributed by atoms with Gasteiger partial charge in [0, 0.05) is 17.1 Å². The second-order valence-corrected chi connectivity index (χ2v) is 4.76. The second kappa shape index (κ2) is 6.26. The molecule has 0 unspecified atom stereocenters. The highest BCUT2D eigenvalue weighted by Crippen LogP contribution is 2.30. The summed E-state index contributed by atoms with van der Waals surface area (Å²) < 4.78 is 5.59. The van der Waals surface area contributed by atoms with Crippen LogP contribution in [0.3, 0.4) is 0 Å². The van der Waals surface area contributed by atoms with Gasteiger partial charge in [-0.1, -0.05) is 18.2 Å². The highest BCUT2D eigenvalue weighted by molar-refractivity contribution is 6.09. The SMILES string of the molecule is CCOc1ccc(NC(=O)c2ccccc2)c2cccnc12. The van der Waals surface area contributed by atoms with Gasteiger partial charge in [-0.3, -0.25) is 9.78 Å². The molecule has 22 heavy (non-hydrogen) atoms. The van der Waals surface area contributed by atoms with E-state index in [0.29, 0.717) is 12.2 Å². The number of nitrogens with one attached hydrogen (secondary N) is 1. The van der Waals surface area contributed by atoms with E-state index >= 15 is 0 Å². The maximum absolute atomic E-state index is 12.3. The van der Waals surface area contributed by atoms with Crippen LogP contribution in [0.5, 0.6) is 5.75 Å². The van der Waals surface area contributed by atoms with Crippen molar-refractivity contribution < 1.29 is 9.53 Å². The van der Waals surface area contributed by atoms with Crippen molar-refractivity contribution in [2.45, 2.75) is 6.92 Å². The molecule has 1 amide bonds. The van der Waals surface area contributed by atoms with Gasteiger partial charge in [-0.15, -0.1) is 0 Å². The highest BCUT2D eigenvalue weighted by Gasteiger charge is 2.11. The maximum atomic E-state index is 12.3. The van der Waals surface area contributed by atoms with Crippen molar-refractivity contribution >= 4 is 22.5 Å². The topological polar surface area (TPSA) is 51.2 Å². The van der Waals surface area contributed by atoms with E-state index in [0.717, 1.165) is 22.3 Å². The molecular weight excluding hydrogens is 276 g/mol. The van der Waals surface area contributed by atoms with Crippen LogP contribution in [0.2, 0.25) is 0 Å². The summed E-state index contributed by atoms with van der Waals surface area (Å²) in [5, 5.41) is 3.80. The molecule has 0 saturated carbocycles. The summed E-state index contributed by atoms with van der Waals surface area (Å²) in [6.45, 7) is 2.50. The molecule has 0 radical (unpaired) electrons. The number of amides is 1. The first-order valence-electron chi connectivity index (χ1n) is 7.16. The van der Waals surface area contributed by atoms with Crippen molar-refractivity contribution in [1.82, 2.24) is 4.98 Å².